The number of nitrogens with zero attached hydrogens (tertiary/aromatic N) is 3. The van der Waals surface area contributed by atoms with Crippen LogP contribution in [0.2, 0.25) is 0 Å². The molecule has 1 aliphatic heterocycles. The van der Waals surface area contributed by atoms with Crippen LogP contribution in [-0.2, 0) is 29.4 Å². The minimum atomic E-state index is -3.52. The zero-order valence-electron chi connectivity index (χ0n) is 24.5. The van der Waals surface area contributed by atoms with E-state index in [4.69, 9.17) is 0 Å². The molecule has 222 valence electrons. The SMILES string of the molecule is CCn1cc2c3c(cc(C(=O)N[C@@H](Cc4ccccc4)[C@H](O)CNc4ccc(N(C)C)cc4)cc31)N(C)S(=O)(=O)CC2. The van der Waals surface area contributed by atoms with E-state index in [2.05, 4.69) is 15.2 Å². The van der Waals surface area contributed by atoms with E-state index in [1.807, 2.05) is 92.8 Å². The average molecular weight is 590 g/mol. The van der Waals surface area contributed by atoms with Gasteiger partial charge in [-0.25, -0.2) is 8.42 Å². The number of carbonyl (C=O) groups excluding carboxylic acids is 1. The van der Waals surface area contributed by atoms with Crippen LogP contribution in [0.4, 0.5) is 17.1 Å². The fourth-order valence-corrected chi connectivity index (χ4v) is 6.69. The fourth-order valence-electron chi connectivity index (χ4n) is 5.49. The number of amides is 1. The van der Waals surface area contributed by atoms with Gasteiger partial charge in [0.1, 0.15) is 0 Å². The Bertz CT molecular complexity index is 1670. The van der Waals surface area contributed by atoms with Gasteiger partial charge < -0.3 is 25.2 Å². The lowest BCUT2D eigenvalue weighted by Gasteiger charge is -2.26. The maximum atomic E-state index is 13.8. The fraction of sp³-hybridized carbons (Fsp3) is 0.344. The average Bonchev–Trinajstić information content (AvgIpc) is 3.32. The first kappa shape index (κ1) is 29.5. The van der Waals surface area contributed by atoms with Gasteiger partial charge in [-0.05, 0) is 67.3 Å². The molecule has 0 aliphatic carbocycles. The molecule has 1 aromatic heterocycles. The number of aliphatic hydroxyl groups is 1. The minimum Gasteiger partial charge on any atom is -0.389 e. The number of aryl methyl sites for hydroxylation is 2. The molecule has 42 heavy (non-hydrogen) atoms. The number of carbonyl (C=O) groups is 1. The number of benzene rings is 3. The normalized spacial score (nSPS) is 15.6. The van der Waals surface area contributed by atoms with Crippen LogP contribution >= 0.6 is 0 Å². The lowest BCUT2D eigenvalue weighted by molar-refractivity contribution is 0.0851. The Hall–Kier alpha value is -4.02. The third-order valence-electron chi connectivity index (χ3n) is 8.01. The molecular formula is C32H39N5O4S. The molecule has 0 bridgehead atoms. The first-order chi connectivity index (χ1) is 20.1. The third-order valence-corrected chi connectivity index (χ3v) is 9.76. The van der Waals surface area contributed by atoms with Gasteiger partial charge in [-0.15, -0.1) is 0 Å². The van der Waals surface area contributed by atoms with E-state index in [9.17, 15) is 18.3 Å². The Morgan fingerprint density at radius 3 is 2.45 bits per heavy atom. The van der Waals surface area contributed by atoms with Crippen molar-refractivity contribution in [3.05, 3.63) is 89.6 Å². The number of sulfonamides is 1. The van der Waals surface area contributed by atoms with Crippen molar-refractivity contribution in [3.63, 3.8) is 0 Å². The Balaban J connectivity index is 1.43. The first-order valence-electron chi connectivity index (χ1n) is 14.2. The monoisotopic (exact) mass is 589 g/mol. The summed E-state index contributed by atoms with van der Waals surface area (Å²) in [6.45, 7) is 2.94. The smallest absolute Gasteiger partial charge is 0.251 e. The van der Waals surface area contributed by atoms with E-state index in [0.717, 1.165) is 33.4 Å². The summed E-state index contributed by atoms with van der Waals surface area (Å²) in [7, 11) is 1.98. The highest BCUT2D eigenvalue weighted by molar-refractivity contribution is 7.92. The molecule has 0 saturated heterocycles. The molecule has 10 heteroatoms. The Labute approximate surface area is 247 Å². The van der Waals surface area contributed by atoms with Crippen molar-refractivity contribution in [1.29, 1.82) is 0 Å². The van der Waals surface area contributed by atoms with Gasteiger partial charge in [0.15, 0.2) is 0 Å². The maximum absolute atomic E-state index is 13.8. The molecule has 0 spiro atoms. The molecule has 0 unspecified atom stereocenters. The van der Waals surface area contributed by atoms with Crippen molar-refractivity contribution in [1.82, 2.24) is 9.88 Å². The zero-order valence-corrected chi connectivity index (χ0v) is 25.4. The molecule has 0 fully saturated rings. The summed E-state index contributed by atoms with van der Waals surface area (Å²) in [4.78, 5) is 15.8. The summed E-state index contributed by atoms with van der Waals surface area (Å²) in [5.41, 5.74) is 5.55. The lowest BCUT2D eigenvalue weighted by Crippen LogP contribution is -2.47. The van der Waals surface area contributed by atoms with Crippen LogP contribution in [-0.4, -0.2) is 69.6 Å². The molecule has 0 saturated carbocycles. The quantitative estimate of drug-likeness (QED) is 0.259. The number of aliphatic hydroxyl groups excluding tert-OH is 1. The summed E-state index contributed by atoms with van der Waals surface area (Å²) in [6.07, 6.45) is 1.93. The number of nitrogens with one attached hydrogen (secondary N) is 2. The van der Waals surface area contributed by atoms with E-state index in [1.165, 1.54) is 4.31 Å². The second kappa shape index (κ2) is 12.1. The van der Waals surface area contributed by atoms with Crippen LogP contribution in [0, 0.1) is 0 Å². The largest absolute Gasteiger partial charge is 0.389 e. The zero-order chi connectivity index (χ0) is 30.0. The molecule has 2 heterocycles. The maximum Gasteiger partial charge on any atom is 0.251 e. The molecule has 3 N–H and O–H groups in total. The summed E-state index contributed by atoms with van der Waals surface area (Å²) in [6, 6.07) is 20.5. The topological polar surface area (TPSA) is 107 Å². The second-order valence-corrected chi connectivity index (χ2v) is 13.1. The second-order valence-electron chi connectivity index (χ2n) is 11.0. The highest BCUT2D eigenvalue weighted by Gasteiger charge is 2.29. The molecular weight excluding hydrogens is 550 g/mol. The van der Waals surface area contributed by atoms with Crippen LogP contribution in [0.15, 0.2) is 72.9 Å². The van der Waals surface area contributed by atoms with Crippen molar-refractivity contribution >= 4 is 43.9 Å². The lowest BCUT2D eigenvalue weighted by atomic mass is 9.99. The van der Waals surface area contributed by atoms with Gasteiger partial charge in [0.05, 0.1) is 29.1 Å². The van der Waals surface area contributed by atoms with Crippen LogP contribution in [0.5, 0.6) is 0 Å². The summed E-state index contributed by atoms with van der Waals surface area (Å²) >= 11 is 0. The molecule has 2 atom stereocenters. The molecule has 4 aromatic rings. The molecule has 1 aliphatic rings. The van der Waals surface area contributed by atoms with Crippen molar-refractivity contribution < 1.29 is 18.3 Å². The number of hydrogen-bond acceptors (Lipinski definition) is 6. The highest BCUT2D eigenvalue weighted by Crippen LogP contribution is 2.37. The number of hydrogen-bond donors (Lipinski definition) is 3. The summed E-state index contributed by atoms with van der Waals surface area (Å²) in [5.74, 6) is -0.359. The number of rotatable bonds is 10. The minimum absolute atomic E-state index is 0.0127. The first-order valence-corrected chi connectivity index (χ1v) is 15.8. The predicted octanol–water partition coefficient (Wildman–Crippen LogP) is 3.86. The summed E-state index contributed by atoms with van der Waals surface area (Å²) < 4.78 is 29.2. The van der Waals surface area contributed by atoms with Crippen LogP contribution < -0.4 is 19.8 Å². The standard InChI is InChI=1S/C32H39N5O4S/c1-5-37-21-23-15-16-42(40,41)36(4)28-18-24(19-29(37)31(23)28)32(39)34-27(17-22-9-7-6-8-10-22)30(38)20-33-25-11-13-26(14-12-25)35(2)3/h6-14,18-19,21,27,30,33,38H,5,15-17,20H2,1-4H3,(H,34,39)/t27-,30+/m0/s1. The van der Waals surface area contributed by atoms with Crippen molar-refractivity contribution in [3.8, 4) is 0 Å². The molecule has 3 aromatic carbocycles. The molecule has 1 amide bonds. The van der Waals surface area contributed by atoms with Gasteiger partial charge in [0.25, 0.3) is 5.91 Å². The predicted molar refractivity (Wildman–Crippen MR) is 170 cm³/mol. The van der Waals surface area contributed by atoms with Gasteiger partial charge in [-0.2, -0.15) is 0 Å². The number of aromatic nitrogens is 1. The molecule has 0 radical (unpaired) electrons. The van der Waals surface area contributed by atoms with E-state index in [-0.39, 0.29) is 18.2 Å². The Kier molecular flexibility index (Phi) is 8.47. The van der Waals surface area contributed by atoms with Gasteiger partial charge in [0, 0.05) is 62.8 Å². The van der Waals surface area contributed by atoms with E-state index in [1.54, 1.807) is 13.1 Å². The molecule has 9 nitrogen and oxygen atoms in total. The van der Waals surface area contributed by atoms with E-state index < -0.39 is 22.2 Å². The van der Waals surface area contributed by atoms with Crippen LogP contribution in [0.25, 0.3) is 10.9 Å². The summed E-state index contributed by atoms with van der Waals surface area (Å²) in [5, 5.41) is 18.5. The van der Waals surface area contributed by atoms with Crippen LogP contribution in [0.3, 0.4) is 0 Å². The van der Waals surface area contributed by atoms with Gasteiger partial charge >= 0.3 is 0 Å². The Morgan fingerprint density at radius 2 is 1.79 bits per heavy atom. The molecule has 5 rings (SSSR count). The third kappa shape index (κ3) is 6.10. The van der Waals surface area contributed by atoms with Crippen LogP contribution in [0.1, 0.15) is 28.4 Å². The van der Waals surface area contributed by atoms with Crippen molar-refractivity contribution in [2.75, 3.05) is 48.0 Å². The van der Waals surface area contributed by atoms with Gasteiger partial charge in [0.2, 0.25) is 10.0 Å². The Morgan fingerprint density at radius 1 is 1.07 bits per heavy atom. The number of anilines is 3. The van der Waals surface area contributed by atoms with E-state index >= 15 is 0 Å². The highest BCUT2D eigenvalue weighted by atomic mass is 32.2. The van der Waals surface area contributed by atoms with Gasteiger partial charge in [-0.1, -0.05) is 30.3 Å². The van der Waals surface area contributed by atoms with Crippen molar-refractivity contribution in [2.45, 2.75) is 38.5 Å². The van der Waals surface area contributed by atoms with E-state index in [0.29, 0.717) is 30.6 Å². The van der Waals surface area contributed by atoms with Gasteiger partial charge in [-0.3, -0.25) is 9.10 Å². The van der Waals surface area contributed by atoms with Crippen molar-refractivity contribution in [2.24, 2.45) is 0 Å².